The fourth-order valence-corrected chi connectivity index (χ4v) is 2.22. The fraction of sp³-hybridized carbons (Fsp3) is 0.211. The first kappa shape index (κ1) is 20.6. The van der Waals surface area contributed by atoms with Gasteiger partial charge < -0.3 is 26.7 Å². The number of nitrogens with zero attached hydrogens (tertiary/aromatic N) is 3. The molecule has 0 radical (unpaired) electrons. The lowest BCUT2D eigenvalue weighted by atomic mass is 10.2. The van der Waals surface area contributed by atoms with Crippen molar-refractivity contribution in [2.24, 2.45) is 21.0 Å². The maximum atomic E-state index is 5.76. The van der Waals surface area contributed by atoms with Gasteiger partial charge >= 0.3 is 0 Å². The minimum Gasteiger partial charge on any atom is -0.493 e. The molecule has 0 aliphatic rings. The van der Waals surface area contributed by atoms with E-state index in [1.807, 2.05) is 13.8 Å². The van der Waals surface area contributed by atoms with E-state index in [2.05, 4.69) is 20.7 Å². The molecule has 0 heterocycles. The van der Waals surface area contributed by atoms with Crippen molar-refractivity contribution in [3.05, 3.63) is 47.5 Å². The molecule has 0 bridgehead atoms. The Bertz CT molecular complexity index is 879. The highest BCUT2D eigenvalue weighted by molar-refractivity contribution is 5.87. The molecule has 0 spiro atoms. The van der Waals surface area contributed by atoms with Crippen molar-refractivity contribution in [1.82, 2.24) is 5.43 Å². The maximum absolute atomic E-state index is 5.76. The number of rotatable bonds is 8. The largest absolute Gasteiger partial charge is 0.493 e. The molecule has 0 aromatic heterocycles. The average Bonchev–Trinajstić information content (AvgIpc) is 2.66. The molecule has 28 heavy (non-hydrogen) atoms. The van der Waals surface area contributed by atoms with E-state index in [4.69, 9.17) is 26.7 Å². The van der Waals surface area contributed by atoms with Gasteiger partial charge in [0.2, 0.25) is 5.96 Å². The lowest BCUT2D eigenvalue weighted by Crippen LogP contribution is -2.26. The third-order valence-corrected chi connectivity index (χ3v) is 3.42. The summed E-state index contributed by atoms with van der Waals surface area (Å²) in [5.41, 5.74) is 22.6. The number of hydrogen-bond acceptors (Lipinski definition) is 7. The van der Waals surface area contributed by atoms with Gasteiger partial charge in [0.15, 0.2) is 0 Å². The topological polar surface area (TPSA) is 146 Å². The van der Waals surface area contributed by atoms with Gasteiger partial charge in [0, 0.05) is 34.6 Å². The first-order valence-electron chi connectivity index (χ1n) is 8.73. The van der Waals surface area contributed by atoms with Gasteiger partial charge in [-0.25, -0.2) is 5.43 Å². The van der Waals surface area contributed by atoms with E-state index in [0.29, 0.717) is 36.1 Å². The number of hydrazone groups is 1. The second-order valence-corrected chi connectivity index (χ2v) is 5.56. The number of nitrogens with two attached hydrogens (primary N) is 3. The highest BCUT2D eigenvalue weighted by Gasteiger charge is 2.02. The normalized spacial score (nSPS) is 11.9. The number of nitrogen functional groups attached to an aromatic ring is 2. The molecule has 9 heteroatoms. The molecule has 0 saturated heterocycles. The Morgan fingerprint density at radius 1 is 0.929 bits per heavy atom. The lowest BCUT2D eigenvalue weighted by Gasteiger charge is -2.07. The average molecular weight is 383 g/mol. The lowest BCUT2D eigenvalue weighted by molar-refractivity contribution is 0.340. The van der Waals surface area contributed by atoms with Crippen LogP contribution in [0.15, 0.2) is 51.7 Å². The van der Waals surface area contributed by atoms with Crippen LogP contribution in [-0.4, -0.2) is 31.6 Å². The van der Waals surface area contributed by atoms with Gasteiger partial charge in [-0.1, -0.05) is 0 Å². The summed E-state index contributed by atoms with van der Waals surface area (Å²) in [4.78, 5) is 0. The molecule has 2 aromatic rings. The Morgan fingerprint density at radius 3 is 2.00 bits per heavy atom. The van der Waals surface area contributed by atoms with Crippen molar-refractivity contribution in [3.63, 3.8) is 0 Å². The number of ether oxygens (including phenoxy) is 2. The Morgan fingerprint density at radius 2 is 1.46 bits per heavy atom. The molecule has 0 aliphatic heterocycles. The van der Waals surface area contributed by atoms with Crippen LogP contribution in [-0.2, 0) is 0 Å². The molecule has 0 saturated carbocycles. The van der Waals surface area contributed by atoms with Crippen LogP contribution >= 0.6 is 0 Å². The van der Waals surface area contributed by atoms with E-state index >= 15 is 0 Å². The fourth-order valence-electron chi connectivity index (χ4n) is 2.22. The van der Waals surface area contributed by atoms with Crippen LogP contribution in [0.4, 0.5) is 11.4 Å². The maximum Gasteiger partial charge on any atom is 0.234 e. The Hall–Kier alpha value is -3.75. The van der Waals surface area contributed by atoms with Crippen LogP contribution in [0.2, 0.25) is 0 Å². The van der Waals surface area contributed by atoms with Gasteiger partial charge in [-0.15, -0.1) is 5.10 Å². The molecule has 0 atom stereocenters. The van der Waals surface area contributed by atoms with Gasteiger partial charge in [-0.05, 0) is 38.1 Å². The molecule has 7 N–H and O–H groups in total. The molecule has 2 aromatic carbocycles. The molecular weight excluding hydrogens is 358 g/mol. The van der Waals surface area contributed by atoms with Crippen LogP contribution in [0.1, 0.15) is 25.0 Å². The van der Waals surface area contributed by atoms with E-state index in [9.17, 15) is 0 Å². The number of hydrogen-bond donors (Lipinski definition) is 4. The van der Waals surface area contributed by atoms with E-state index in [1.54, 1.807) is 42.6 Å². The SMILES string of the molecule is CCOc1cc(N)ccc1/C=N/N=C(N)N/N=C/c1ccc(N)cc1OCC. The second-order valence-electron chi connectivity index (χ2n) is 5.56. The first-order valence-corrected chi connectivity index (χ1v) is 8.73. The highest BCUT2D eigenvalue weighted by atomic mass is 16.5. The minimum absolute atomic E-state index is 0.0225. The summed E-state index contributed by atoms with van der Waals surface area (Å²) in [7, 11) is 0. The van der Waals surface area contributed by atoms with Crippen LogP contribution < -0.4 is 32.1 Å². The van der Waals surface area contributed by atoms with Crippen molar-refractivity contribution in [2.75, 3.05) is 24.7 Å². The zero-order valence-corrected chi connectivity index (χ0v) is 15.9. The number of guanidine groups is 1. The van der Waals surface area contributed by atoms with Gasteiger partial charge in [0.1, 0.15) is 11.5 Å². The second kappa shape index (κ2) is 10.4. The minimum atomic E-state index is 0.0225. The molecular formula is C19H25N7O2. The quantitative estimate of drug-likeness (QED) is 0.237. The van der Waals surface area contributed by atoms with Gasteiger partial charge in [0.25, 0.3) is 0 Å². The predicted molar refractivity (Wildman–Crippen MR) is 114 cm³/mol. The summed E-state index contributed by atoms with van der Waals surface area (Å²) in [5, 5.41) is 11.8. The number of benzene rings is 2. The van der Waals surface area contributed by atoms with Gasteiger partial charge in [0.05, 0.1) is 25.6 Å². The zero-order chi connectivity index (χ0) is 20.4. The summed E-state index contributed by atoms with van der Waals surface area (Å²) < 4.78 is 11.0. The third kappa shape index (κ3) is 6.20. The van der Waals surface area contributed by atoms with Crippen LogP contribution in [0.3, 0.4) is 0 Å². The zero-order valence-electron chi connectivity index (χ0n) is 15.9. The monoisotopic (exact) mass is 383 g/mol. The van der Waals surface area contributed by atoms with E-state index in [0.717, 1.165) is 11.1 Å². The number of nitrogens with one attached hydrogen (secondary N) is 1. The smallest absolute Gasteiger partial charge is 0.234 e. The van der Waals surface area contributed by atoms with Gasteiger partial charge in [-0.2, -0.15) is 10.2 Å². The summed E-state index contributed by atoms with van der Waals surface area (Å²) in [5.74, 6) is 1.28. The Balaban J connectivity index is 2.02. The van der Waals surface area contributed by atoms with Crippen molar-refractivity contribution >= 4 is 29.8 Å². The van der Waals surface area contributed by atoms with Crippen LogP contribution in [0, 0.1) is 0 Å². The van der Waals surface area contributed by atoms with Crippen molar-refractivity contribution in [3.8, 4) is 11.5 Å². The molecule has 2 rings (SSSR count). The molecule has 148 valence electrons. The predicted octanol–water partition coefficient (Wildman–Crippen LogP) is 1.92. The van der Waals surface area contributed by atoms with E-state index in [1.165, 1.54) is 6.21 Å². The molecule has 0 aliphatic carbocycles. The van der Waals surface area contributed by atoms with E-state index < -0.39 is 0 Å². The summed E-state index contributed by atoms with van der Waals surface area (Å²) >= 11 is 0. The van der Waals surface area contributed by atoms with Crippen LogP contribution in [0.25, 0.3) is 0 Å². The summed E-state index contributed by atoms with van der Waals surface area (Å²) in [6, 6.07) is 10.6. The van der Waals surface area contributed by atoms with E-state index in [-0.39, 0.29) is 5.96 Å². The van der Waals surface area contributed by atoms with Crippen LogP contribution in [0.5, 0.6) is 11.5 Å². The standard InChI is InChI=1S/C19H25N7O2/c1-3-27-17-9-15(20)7-5-13(17)11-23-25-19(22)26-24-12-14-6-8-16(21)10-18(14)28-4-2/h5-12H,3-4,20-21H2,1-2H3,(H3,22,25,26)/b23-11+,24-12+. The Kier molecular flexibility index (Phi) is 7.64. The molecule has 0 amide bonds. The molecule has 9 nitrogen and oxygen atoms in total. The number of anilines is 2. The van der Waals surface area contributed by atoms with Gasteiger partial charge in [-0.3, -0.25) is 0 Å². The Labute approximate surface area is 163 Å². The van der Waals surface area contributed by atoms with Crippen molar-refractivity contribution in [1.29, 1.82) is 0 Å². The molecule has 0 fully saturated rings. The summed E-state index contributed by atoms with van der Waals surface area (Å²) in [6.45, 7) is 4.81. The molecule has 0 unspecified atom stereocenters. The third-order valence-electron chi connectivity index (χ3n) is 3.42. The highest BCUT2D eigenvalue weighted by Crippen LogP contribution is 2.21. The van der Waals surface area contributed by atoms with Crippen molar-refractivity contribution < 1.29 is 9.47 Å². The van der Waals surface area contributed by atoms with Crippen molar-refractivity contribution in [2.45, 2.75) is 13.8 Å². The summed E-state index contributed by atoms with van der Waals surface area (Å²) in [6.07, 6.45) is 3.08. The first-order chi connectivity index (χ1) is 13.5.